The van der Waals surface area contributed by atoms with Crippen molar-refractivity contribution in [2.45, 2.75) is 71.8 Å². The molecule has 168 valence electrons. The van der Waals surface area contributed by atoms with E-state index in [0.29, 0.717) is 5.92 Å². The van der Waals surface area contributed by atoms with Gasteiger partial charge in [-0.3, -0.25) is 14.6 Å². The van der Waals surface area contributed by atoms with Crippen LogP contribution in [-0.4, -0.2) is 62.4 Å². The summed E-state index contributed by atoms with van der Waals surface area (Å²) in [5.74, 6) is 0.0842. The van der Waals surface area contributed by atoms with Crippen molar-refractivity contribution in [2.24, 2.45) is 27.4 Å². The Morgan fingerprint density at radius 1 is 1.10 bits per heavy atom. The third-order valence-corrected chi connectivity index (χ3v) is 4.25. The second-order valence-corrected chi connectivity index (χ2v) is 6.48. The first-order valence-electron chi connectivity index (χ1n) is 10.4. The fraction of sp³-hybridized carbons (Fsp3) is 0.727. The number of carbonyl (C=O) groups is 2. The lowest BCUT2D eigenvalue weighted by molar-refractivity contribution is -0.134. The molecule has 0 radical (unpaired) electrons. The van der Waals surface area contributed by atoms with E-state index in [0.717, 1.165) is 45.0 Å². The smallest absolute Gasteiger partial charge is 0.259 e. The van der Waals surface area contributed by atoms with Crippen LogP contribution in [0.3, 0.4) is 0 Å². The molecule has 0 aromatic rings. The number of amides is 2. The average molecular weight is 410 g/mol. The Hall–Kier alpha value is -2.20. The molecule has 0 unspecified atom stereocenters. The molecule has 2 amide bonds. The molecule has 0 aromatic carbocycles. The molecular weight excluding hydrogens is 366 g/mol. The SMILES string of the molecule is C#C.CCC=NC.CCCN(CC)C(=O)[C@@H](N)C1CCCCC1.CN=CC(N)=O. The number of nitrogens with zero attached hydrogens (tertiary/aromatic N) is 3. The van der Waals surface area contributed by atoms with E-state index in [4.69, 9.17) is 5.73 Å². The zero-order chi connectivity index (χ0) is 23.1. The van der Waals surface area contributed by atoms with Crippen molar-refractivity contribution in [1.29, 1.82) is 0 Å². The van der Waals surface area contributed by atoms with Gasteiger partial charge in [0.2, 0.25) is 5.91 Å². The average Bonchev–Trinajstić information content (AvgIpc) is 2.74. The normalized spacial score (nSPS) is 14.5. The summed E-state index contributed by atoms with van der Waals surface area (Å²) >= 11 is 0. The second-order valence-electron chi connectivity index (χ2n) is 6.48. The molecule has 0 bridgehead atoms. The molecule has 0 aliphatic heterocycles. The van der Waals surface area contributed by atoms with Gasteiger partial charge in [0.1, 0.15) is 0 Å². The Labute approximate surface area is 178 Å². The molecule has 7 heteroatoms. The van der Waals surface area contributed by atoms with Crippen LogP contribution in [0.4, 0.5) is 0 Å². The first kappa shape index (κ1) is 31.5. The number of carbonyl (C=O) groups excluding carboxylic acids is 2. The summed E-state index contributed by atoms with van der Waals surface area (Å²) in [6.45, 7) is 7.82. The van der Waals surface area contributed by atoms with Gasteiger partial charge in [-0.2, -0.15) is 0 Å². The van der Waals surface area contributed by atoms with Crippen molar-refractivity contribution in [1.82, 2.24) is 4.90 Å². The van der Waals surface area contributed by atoms with E-state index in [-0.39, 0.29) is 11.9 Å². The number of likely N-dealkylation sites (N-methyl/N-ethyl adjacent to an activating group) is 1. The van der Waals surface area contributed by atoms with Gasteiger partial charge in [0.25, 0.3) is 5.91 Å². The van der Waals surface area contributed by atoms with Crippen LogP contribution < -0.4 is 11.5 Å². The number of hydrogen-bond acceptors (Lipinski definition) is 5. The van der Waals surface area contributed by atoms with Gasteiger partial charge in [-0.15, -0.1) is 12.8 Å². The molecule has 4 N–H and O–H groups in total. The maximum Gasteiger partial charge on any atom is 0.259 e. The number of terminal acetylenes is 1. The third kappa shape index (κ3) is 18.9. The maximum atomic E-state index is 12.2. The highest BCUT2D eigenvalue weighted by atomic mass is 16.2. The number of aliphatic imine (C=N–C) groups is 2. The highest BCUT2D eigenvalue weighted by Crippen LogP contribution is 2.26. The Bertz CT molecular complexity index is 469. The predicted molar refractivity (Wildman–Crippen MR) is 125 cm³/mol. The van der Waals surface area contributed by atoms with Crippen molar-refractivity contribution < 1.29 is 9.59 Å². The van der Waals surface area contributed by atoms with Crippen molar-refractivity contribution in [3.05, 3.63) is 0 Å². The molecule has 1 saturated carbocycles. The topological polar surface area (TPSA) is 114 Å². The Kier molecular flexibility index (Phi) is 25.9. The summed E-state index contributed by atoms with van der Waals surface area (Å²) in [4.78, 5) is 30.8. The fourth-order valence-electron chi connectivity index (χ4n) is 2.91. The van der Waals surface area contributed by atoms with Crippen molar-refractivity contribution in [3.63, 3.8) is 0 Å². The minimum atomic E-state index is -0.502. The van der Waals surface area contributed by atoms with E-state index in [1.54, 1.807) is 7.05 Å². The Morgan fingerprint density at radius 2 is 1.66 bits per heavy atom. The summed E-state index contributed by atoms with van der Waals surface area (Å²) in [6.07, 6.45) is 19.1. The van der Waals surface area contributed by atoms with E-state index in [9.17, 15) is 9.59 Å². The molecule has 0 saturated heterocycles. The van der Waals surface area contributed by atoms with Gasteiger partial charge in [-0.1, -0.05) is 33.1 Å². The van der Waals surface area contributed by atoms with Gasteiger partial charge in [-0.05, 0) is 44.7 Å². The molecule has 1 aliphatic carbocycles. The van der Waals surface area contributed by atoms with E-state index in [2.05, 4.69) is 42.4 Å². The standard InChI is InChI=1S/C13H26N2O.C4H9N.C3H6N2O.C2H2/c1-3-10-15(4-2)13(16)12(14)11-8-6-5-7-9-11;1-3-4-5-2;1-5-2-3(4)6;1-2/h11-12H,3-10,14H2,1-2H3;4H,3H2,1-2H3;2H,1H3,(H2,4,6);1-2H/t12-;;;/m0.../s1. The van der Waals surface area contributed by atoms with Crippen LogP contribution in [0.5, 0.6) is 0 Å². The maximum absolute atomic E-state index is 12.2. The monoisotopic (exact) mass is 409 g/mol. The molecule has 1 fully saturated rings. The van der Waals surface area contributed by atoms with Crippen LogP contribution in [0.25, 0.3) is 0 Å². The predicted octanol–water partition coefficient (Wildman–Crippen LogP) is 2.67. The van der Waals surface area contributed by atoms with E-state index >= 15 is 0 Å². The van der Waals surface area contributed by atoms with Gasteiger partial charge in [-0.25, -0.2) is 0 Å². The zero-order valence-corrected chi connectivity index (χ0v) is 19.1. The van der Waals surface area contributed by atoms with Crippen LogP contribution in [-0.2, 0) is 9.59 Å². The third-order valence-electron chi connectivity index (χ3n) is 4.25. The van der Waals surface area contributed by atoms with Gasteiger partial charge in [0.15, 0.2) is 0 Å². The summed E-state index contributed by atoms with van der Waals surface area (Å²) < 4.78 is 0. The zero-order valence-electron chi connectivity index (χ0n) is 19.1. The Morgan fingerprint density at radius 3 is 1.93 bits per heavy atom. The van der Waals surface area contributed by atoms with Crippen LogP contribution in [0.15, 0.2) is 9.98 Å². The van der Waals surface area contributed by atoms with Crippen molar-refractivity contribution in [2.75, 3.05) is 27.2 Å². The number of primary amides is 1. The van der Waals surface area contributed by atoms with Gasteiger partial charge in [0.05, 0.1) is 12.3 Å². The highest BCUT2D eigenvalue weighted by Gasteiger charge is 2.28. The number of nitrogens with two attached hydrogens (primary N) is 2. The molecule has 0 spiro atoms. The summed E-state index contributed by atoms with van der Waals surface area (Å²) in [7, 11) is 3.27. The summed E-state index contributed by atoms with van der Waals surface area (Å²) in [5, 5.41) is 0. The quantitative estimate of drug-likeness (QED) is 0.497. The minimum absolute atomic E-state index is 0.163. The van der Waals surface area contributed by atoms with E-state index in [1.165, 1.54) is 26.3 Å². The largest absolute Gasteiger partial charge is 0.365 e. The molecule has 1 aliphatic rings. The summed E-state index contributed by atoms with van der Waals surface area (Å²) in [6, 6.07) is -0.258. The first-order valence-corrected chi connectivity index (χ1v) is 10.4. The van der Waals surface area contributed by atoms with Gasteiger partial charge < -0.3 is 21.4 Å². The fourth-order valence-corrected chi connectivity index (χ4v) is 2.91. The molecule has 7 nitrogen and oxygen atoms in total. The summed E-state index contributed by atoms with van der Waals surface area (Å²) in [5.41, 5.74) is 10.7. The van der Waals surface area contributed by atoms with Crippen LogP contribution in [0.1, 0.15) is 65.7 Å². The molecule has 0 heterocycles. The minimum Gasteiger partial charge on any atom is -0.365 e. The lowest BCUT2D eigenvalue weighted by Crippen LogP contribution is -2.48. The molecule has 0 aromatic heterocycles. The molecule has 29 heavy (non-hydrogen) atoms. The Balaban J connectivity index is -0.000000429. The number of rotatable bonds is 7. The number of hydrogen-bond donors (Lipinski definition) is 2. The van der Waals surface area contributed by atoms with Gasteiger partial charge >= 0.3 is 0 Å². The molecular formula is C22H43N5O2. The highest BCUT2D eigenvalue weighted by molar-refractivity contribution is 6.25. The molecule has 1 atom stereocenters. The van der Waals surface area contributed by atoms with Crippen LogP contribution >= 0.6 is 0 Å². The van der Waals surface area contributed by atoms with E-state index < -0.39 is 5.91 Å². The second kappa shape index (κ2) is 23.8. The van der Waals surface area contributed by atoms with E-state index in [1.807, 2.05) is 18.0 Å². The lowest BCUT2D eigenvalue weighted by Gasteiger charge is -2.31. The lowest BCUT2D eigenvalue weighted by atomic mass is 9.84. The first-order chi connectivity index (χ1) is 13.9. The van der Waals surface area contributed by atoms with Crippen molar-refractivity contribution in [3.8, 4) is 12.8 Å². The van der Waals surface area contributed by atoms with Crippen LogP contribution in [0, 0.1) is 18.8 Å². The van der Waals surface area contributed by atoms with Crippen molar-refractivity contribution >= 4 is 24.2 Å². The van der Waals surface area contributed by atoms with Crippen LogP contribution in [0.2, 0.25) is 0 Å². The van der Waals surface area contributed by atoms with Gasteiger partial charge in [0, 0.05) is 27.2 Å². The molecule has 1 rings (SSSR count).